The van der Waals surface area contributed by atoms with Crippen LogP contribution in [0.25, 0.3) is 11.0 Å². The molecule has 4 nitrogen and oxygen atoms in total. The number of aryl methyl sites for hydroxylation is 1. The van der Waals surface area contributed by atoms with Crippen LogP contribution in [0.15, 0.2) is 48.8 Å². The van der Waals surface area contributed by atoms with Crippen LogP contribution >= 0.6 is 24.0 Å². The SMILES string of the molecule is Cl.Cn1cnc2cc(CN3CCNCC3c3ccccc3Cl)ccc21. The Morgan fingerprint density at radius 3 is 2.92 bits per heavy atom. The first-order valence-electron chi connectivity index (χ1n) is 8.31. The molecule has 132 valence electrons. The minimum atomic E-state index is 0. The molecule has 1 aliphatic rings. The van der Waals surface area contributed by atoms with Gasteiger partial charge in [-0.15, -0.1) is 12.4 Å². The van der Waals surface area contributed by atoms with Crippen LogP contribution in [-0.2, 0) is 13.6 Å². The van der Waals surface area contributed by atoms with Crippen LogP contribution in [0.5, 0.6) is 0 Å². The van der Waals surface area contributed by atoms with Crippen LogP contribution in [0, 0.1) is 0 Å². The maximum atomic E-state index is 6.44. The van der Waals surface area contributed by atoms with E-state index in [1.807, 2.05) is 25.5 Å². The zero-order chi connectivity index (χ0) is 16.5. The number of aromatic nitrogens is 2. The molecule has 0 saturated carbocycles. The van der Waals surface area contributed by atoms with Crippen molar-refractivity contribution in [2.24, 2.45) is 7.05 Å². The number of halogens is 2. The van der Waals surface area contributed by atoms with Gasteiger partial charge in [0.2, 0.25) is 0 Å². The van der Waals surface area contributed by atoms with Gasteiger partial charge in [-0.1, -0.05) is 35.9 Å². The quantitative estimate of drug-likeness (QED) is 0.754. The number of imidazole rings is 1. The van der Waals surface area contributed by atoms with Gasteiger partial charge >= 0.3 is 0 Å². The van der Waals surface area contributed by atoms with E-state index in [2.05, 4.69) is 50.1 Å². The fraction of sp³-hybridized carbons (Fsp3) is 0.316. The van der Waals surface area contributed by atoms with Gasteiger partial charge in [0, 0.05) is 44.3 Å². The molecule has 1 aromatic heterocycles. The smallest absolute Gasteiger partial charge is 0.0955 e. The minimum Gasteiger partial charge on any atom is -0.334 e. The van der Waals surface area contributed by atoms with Gasteiger partial charge in [0.15, 0.2) is 0 Å². The van der Waals surface area contributed by atoms with E-state index in [-0.39, 0.29) is 12.4 Å². The molecule has 0 amide bonds. The first-order valence-corrected chi connectivity index (χ1v) is 8.69. The normalized spacial score (nSPS) is 18.2. The molecule has 2 aromatic carbocycles. The standard InChI is InChI=1S/C19H21ClN4.ClH/c1-23-13-22-17-10-14(6-7-18(17)23)12-24-9-8-21-11-19(24)15-4-2-3-5-16(15)20;/h2-7,10,13,19,21H,8-9,11-12H2,1H3;1H. The highest BCUT2D eigenvalue weighted by Gasteiger charge is 2.25. The number of nitrogens with zero attached hydrogens (tertiary/aromatic N) is 3. The molecule has 1 saturated heterocycles. The van der Waals surface area contributed by atoms with Crippen molar-refractivity contribution < 1.29 is 0 Å². The summed E-state index contributed by atoms with van der Waals surface area (Å²) in [6.45, 7) is 3.85. The van der Waals surface area contributed by atoms with Crippen LogP contribution in [0.1, 0.15) is 17.2 Å². The van der Waals surface area contributed by atoms with Gasteiger partial charge in [0.05, 0.1) is 17.4 Å². The summed E-state index contributed by atoms with van der Waals surface area (Å²) in [5, 5.41) is 4.34. The molecule has 1 fully saturated rings. The Kier molecular flexibility index (Phi) is 5.64. The molecule has 1 N–H and O–H groups in total. The van der Waals surface area contributed by atoms with Crippen molar-refractivity contribution in [3.63, 3.8) is 0 Å². The third-order valence-corrected chi connectivity index (χ3v) is 5.14. The van der Waals surface area contributed by atoms with Crippen molar-refractivity contribution in [1.82, 2.24) is 19.8 Å². The van der Waals surface area contributed by atoms with Gasteiger partial charge in [-0.2, -0.15) is 0 Å². The Bertz CT molecular complexity index is 862. The van der Waals surface area contributed by atoms with Gasteiger partial charge in [0.25, 0.3) is 0 Å². The van der Waals surface area contributed by atoms with E-state index in [0.717, 1.165) is 36.7 Å². The van der Waals surface area contributed by atoms with Crippen molar-refractivity contribution in [3.8, 4) is 0 Å². The van der Waals surface area contributed by atoms with E-state index in [0.29, 0.717) is 6.04 Å². The summed E-state index contributed by atoms with van der Waals surface area (Å²) < 4.78 is 2.05. The highest BCUT2D eigenvalue weighted by Crippen LogP contribution is 2.30. The molecule has 1 aliphatic heterocycles. The van der Waals surface area contributed by atoms with Gasteiger partial charge in [-0.3, -0.25) is 4.90 Å². The third kappa shape index (κ3) is 3.67. The molecule has 1 unspecified atom stereocenters. The lowest BCUT2D eigenvalue weighted by atomic mass is 10.0. The van der Waals surface area contributed by atoms with Gasteiger partial charge in [0.1, 0.15) is 0 Å². The van der Waals surface area contributed by atoms with E-state index in [1.165, 1.54) is 16.6 Å². The average molecular weight is 377 g/mol. The van der Waals surface area contributed by atoms with Crippen LogP contribution in [0.2, 0.25) is 5.02 Å². The predicted octanol–water partition coefficient (Wildman–Crippen LogP) is 3.80. The highest BCUT2D eigenvalue weighted by molar-refractivity contribution is 6.31. The monoisotopic (exact) mass is 376 g/mol. The molecule has 1 atom stereocenters. The molecule has 0 aliphatic carbocycles. The summed E-state index contributed by atoms with van der Waals surface area (Å²) in [7, 11) is 2.03. The molecule has 3 aromatic rings. The van der Waals surface area contributed by atoms with Crippen LogP contribution in [0.3, 0.4) is 0 Å². The first kappa shape index (κ1) is 18.2. The molecule has 4 rings (SSSR count). The fourth-order valence-electron chi connectivity index (χ4n) is 3.50. The highest BCUT2D eigenvalue weighted by atomic mass is 35.5. The second-order valence-electron chi connectivity index (χ2n) is 6.39. The predicted molar refractivity (Wildman–Crippen MR) is 105 cm³/mol. The summed E-state index contributed by atoms with van der Waals surface area (Å²) in [6, 6.07) is 15.0. The number of nitrogens with one attached hydrogen (secondary N) is 1. The molecule has 0 bridgehead atoms. The Labute approximate surface area is 159 Å². The lowest BCUT2D eigenvalue weighted by molar-refractivity contribution is 0.154. The van der Waals surface area contributed by atoms with Crippen molar-refractivity contribution in [2.45, 2.75) is 12.6 Å². The van der Waals surface area contributed by atoms with Crippen molar-refractivity contribution in [2.75, 3.05) is 19.6 Å². The summed E-state index contributed by atoms with van der Waals surface area (Å²) >= 11 is 6.44. The Hall–Kier alpha value is -1.59. The largest absolute Gasteiger partial charge is 0.334 e. The number of hydrogen-bond acceptors (Lipinski definition) is 3. The topological polar surface area (TPSA) is 33.1 Å². The molecule has 0 spiro atoms. The van der Waals surface area contributed by atoms with Crippen LogP contribution in [-0.4, -0.2) is 34.1 Å². The number of piperazine rings is 1. The van der Waals surface area contributed by atoms with Gasteiger partial charge < -0.3 is 9.88 Å². The minimum absolute atomic E-state index is 0. The van der Waals surface area contributed by atoms with E-state index in [1.54, 1.807) is 0 Å². The van der Waals surface area contributed by atoms with Gasteiger partial charge in [-0.05, 0) is 29.3 Å². The average Bonchev–Trinajstić information content (AvgIpc) is 2.97. The van der Waals surface area contributed by atoms with E-state index in [9.17, 15) is 0 Å². The maximum absolute atomic E-state index is 6.44. The van der Waals surface area contributed by atoms with Crippen molar-refractivity contribution in [1.29, 1.82) is 0 Å². The zero-order valence-corrected chi connectivity index (χ0v) is 15.7. The van der Waals surface area contributed by atoms with Crippen molar-refractivity contribution >= 4 is 35.0 Å². The number of benzene rings is 2. The lowest BCUT2D eigenvalue weighted by Crippen LogP contribution is -2.45. The summed E-state index contributed by atoms with van der Waals surface area (Å²) in [5.41, 5.74) is 4.71. The molecule has 0 radical (unpaired) electrons. The van der Waals surface area contributed by atoms with E-state index in [4.69, 9.17) is 11.6 Å². The molecule has 25 heavy (non-hydrogen) atoms. The molecular weight excluding hydrogens is 355 g/mol. The first-order chi connectivity index (χ1) is 11.7. The fourth-order valence-corrected chi connectivity index (χ4v) is 3.76. The van der Waals surface area contributed by atoms with E-state index < -0.39 is 0 Å². The molecule has 2 heterocycles. The Balaban J connectivity index is 0.00000182. The van der Waals surface area contributed by atoms with Crippen molar-refractivity contribution in [3.05, 3.63) is 64.9 Å². The van der Waals surface area contributed by atoms with Crippen LogP contribution < -0.4 is 5.32 Å². The lowest BCUT2D eigenvalue weighted by Gasteiger charge is -2.37. The third-order valence-electron chi connectivity index (χ3n) is 4.79. The Morgan fingerprint density at radius 2 is 2.08 bits per heavy atom. The molecule has 6 heteroatoms. The molecular formula is C19H22Cl2N4. The summed E-state index contributed by atoms with van der Waals surface area (Å²) in [5.74, 6) is 0. The number of rotatable bonds is 3. The maximum Gasteiger partial charge on any atom is 0.0955 e. The Morgan fingerprint density at radius 1 is 1.24 bits per heavy atom. The summed E-state index contributed by atoms with van der Waals surface area (Å²) in [4.78, 5) is 6.98. The number of fused-ring (bicyclic) bond motifs is 1. The second-order valence-corrected chi connectivity index (χ2v) is 6.80. The van der Waals surface area contributed by atoms with Gasteiger partial charge in [-0.25, -0.2) is 4.98 Å². The second kappa shape index (κ2) is 7.75. The number of hydrogen-bond donors (Lipinski definition) is 1. The summed E-state index contributed by atoms with van der Waals surface area (Å²) in [6.07, 6.45) is 1.87. The zero-order valence-electron chi connectivity index (χ0n) is 14.2. The van der Waals surface area contributed by atoms with E-state index >= 15 is 0 Å². The van der Waals surface area contributed by atoms with Crippen LogP contribution in [0.4, 0.5) is 0 Å².